The van der Waals surface area contributed by atoms with Gasteiger partial charge in [-0.25, -0.2) is 0 Å². The molecule has 0 saturated carbocycles. The maximum atomic E-state index is 10.9. The number of benzene rings is 2. The van der Waals surface area contributed by atoms with Crippen molar-refractivity contribution in [2.75, 3.05) is 20.4 Å². The number of likely N-dealkylation sites (N-methyl/N-ethyl adjacent to an activating group) is 1. The van der Waals surface area contributed by atoms with Gasteiger partial charge in [-0.15, -0.1) is 0 Å². The Morgan fingerprint density at radius 1 is 1.22 bits per heavy atom. The maximum Gasteiger partial charge on any atom is 0.231 e. The molecule has 0 amide bonds. The molecule has 0 fully saturated rings. The van der Waals surface area contributed by atoms with E-state index in [0.29, 0.717) is 0 Å². The highest BCUT2D eigenvalue weighted by molar-refractivity contribution is 5.84. The average Bonchev–Trinajstić information content (AvgIpc) is 3.00. The molecule has 3 aliphatic rings. The highest BCUT2D eigenvalue weighted by atomic mass is 16.7. The predicted molar refractivity (Wildman–Crippen MR) is 83.7 cm³/mol. The van der Waals surface area contributed by atoms with E-state index in [2.05, 4.69) is 11.0 Å². The van der Waals surface area contributed by atoms with Gasteiger partial charge in [-0.05, 0) is 53.9 Å². The molecule has 2 aliphatic heterocycles. The van der Waals surface area contributed by atoms with Crippen molar-refractivity contribution in [3.63, 3.8) is 0 Å². The standard InChI is InChI=1S/C18H17NO4/c1-19-5-4-9-6-13-18(23-8-22-13)15-11-3-2-10(20)7-12(11)17(21)16(19)14(9)15/h2-3,6-7,16-17,20-21H,4-5,8H2,1H3/t16-,17-/m0/s1. The first-order valence-corrected chi connectivity index (χ1v) is 7.82. The number of fused-ring (bicyclic) bond motifs is 4. The summed E-state index contributed by atoms with van der Waals surface area (Å²) in [4.78, 5) is 2.17. The lowest BCUT2D eigenvalue weighted by Gasteiger charge is -2.42. The molecular formula is C18H17NO4. The first-order chi connectivity index (χ1) is 11.1. The van der Waals surface area contributed by atoms with Crippen molar-refractivity contribution in [3.05, 3.63) is 41.0 Å². The van der Waals surface area contributed by atoms with Crippen LogP contribution in [0.1, 0.15) is 28.8 Å². The van der Waals surface area contributed by atoms with Crippen molar-refractivity contribution >= 4 is 0 Å². The van der Waals surface area contributed by atoms with Crippen LogP contribution in [0.4, 0.5) is 0 Å². The minimum Gasteiger partial charge on any atom is -0.508 e. The molecule has 0 saturated heterocycles. The van der Waals surface area contributed by atoms with E-state index < -0.39 is 6.10 Å². The third-order valence-electron chi connectivity index (χ3n) is 5.22. The number of hydrogen-bond donors (Lipinski definition) is 2. The summed E-state index contributed by atoms with van der Waals surface area (Å²) in [6, 6.07) is 7.09. The van der Waals surface area contributed by atoms with Gasteiger partial charge in [0, 0.05) is 12.1 Å². The van der Waals surface area contributed by atoms with E-state index >= 15 is 0 Å². The van der Waals surface area contributed by atoms with Gasteiger partial charge in [0.25, 0.3) is 0 Å². The maximum absolute atomic E-state index is 10.9. The molecule has 0 spiro atoms. The quantitative estimate of drug-likeness (QED) is 0.782. The Bertz CT molecular complexity index is 832. The third kappa shape index (κ3) is 1.63. The molecule has 0 bridgehead atoms. The average molecular weight is 311 g/mol. The summed E-state index contributed by atoms with van der Waals surface area (Å²) in [7, 11) is 2.03. The van der Waals surface area contributed by atoms with Gasteiger partial charge in [-0.2, -0.15) is 0 Å². The zero-order valence-corrected chi connectivity index (χ0v) is 12.7. The Morgan fingerprint density at radius 3 is 2.96 bits per heavy atom. The molecule has 1 aliphatic carbocycles. The number of aromatic hydroxyl groups is 1. The topological polar surface area (TPSA) is 62.2 Å². The predicted octanol–water partition coefficient (Wildman–Crippen LogP) is 2.36. The lowest BCUT2D eigenvalue weighted by atomic mass is 9.75. The van der Waals surface area contributed by atoms with Gasteiger partial charge in [0.1, 0.15) is 5.75 Å². The summed E-state index contributed by atoms with van der Waals surface area (Å²) in [5.41, 5.74) is 5.01. The molecule has 2 aromatic rings. The van der Waals surface area contributed by atoms with Crippen molar-refractivity contribution in [3.8, 4) is 28.4 Å². The Hall–Kier alpha value is -2.24. The second kappa shape index (κ2) is 4.40. The van der Waals surface area contributed by atoms with E-state index in [-0.39, 0.29) is 18.6 Å². The number of nitrogens with zero attached hydrogens (tertiary/aromatic N) is 1. The minimum atomic E-state index is -0.672. The number of ether oxygens (including phenoxy) is 2. The second-order valence-electron chi connectivity index (χ2n) is 6.45. The van der Waals surface area contributed by atoms with Crippen molar-refractivity contribution in [2.24, 2.45) is 0 Å². The fraction of sp³-hybridized carbons (Fsp3) is 0.333. The van der Waals surface area contributed by atoms with Gasteiger partial charge in [-0.1, -0.05) is 6.07 Å². The lowest BCUT2D eigenvalue weighted by Crippen LogP contribution is -2.38. The third-order valence-corrected chi connectivity index (χ3v) is 5.22. The number of phenolic OH excluding ortho intramolecular Hbond substituents is 1. The monoisotopic (exact) mass is 311 g/mol. The largest absolute Gasteiger partial charge is 0.508 e. The van der Waals surface area contributed by atoms with E-state index in [9.17, 15) is 10.2 Å². The van der Waals surface area contributed by atoms with Crippen molar-refractivity contribution in [1.82, 2.24) is 4.90 Å². The zero-order valence-electron chi connectivity index (χ0n) is 12.7. The van der Waals surface area contributed by atoms with Gasteiger partial charge in [0.15, 0.2) is 11.5 Å². The molecule has 5 heteroatoms. The Balaban J connectivity index is 1.90. The summed E-state index contributed by atoms with van der Waals surface area (Å²) in [5, 5.41) is 20.8. The molecule has 0 radical (unpaired) electrons. The number of aliphatic hydroxyl groups excluding tert-OH is 1. The summed E-state index contributed by atoms with van der Waals surface area (Å²) < 4.78 is 11.4. The van der Waals surface area contributed by atoms with Crippen LogP contribution in [0.5, 0.6) is 17.2 Å². The highest BCUT2D eigenvalue weighted by Crippen LogP contribution is 2.56. The molecule has 5 nitrogen and oxygen atoms in total. The number of hydrogen-bond acceptors (Lipinski definition) is 5. The first-order valence-electron chi connectivity index (χ1n) is 7.82. The van der Waals surface area contributed by atoms with Gasteiger partial charge in [0.2, 0.25) is 6.79 Å². The van der Waals surface area contributed by atoms with Crippen molar-refractivity contribution in [1.29, 1.82) is 0 Å². The Morgan fingerprint density at radius 2 is 2.09 bits per heavy atom. The van der Waals surface area contributed by atoms with Crippen molar-refractivity contribution in [2.45, 2.75) is 18.6 Å². The summed E-state index contributed by atoms with van der Waals surface area (Å²) in [6.07, 6.45) is 0.251. The van der Waals surface area contributed by atoms with Crippen LogP contribution in [-0.2, 0) is 6.42 Å². The van der Waals surface area contributed by atoms with E-state index in [0.717, 1.165) is 46.7 Å². The van der Waals surface area contributed by atoms with Gasteiger partial charge in [-0.3, -0.25) is 4.90 Å². The van der Waals surface area contributed by atoms with Crippen LogP contribution >= 0.6 is 0 Å². The Labute approximate surface area is 133 Å². The fourth-order valence-corrected chi connectivity index (χ4v) is 4.17. The minimum absolute atomic E-state index is 0.127. The van der Waals surface area contributed by atoms with Gasteiger partial charge in [0.05, 0.1) is 12.1 Å². The van der Waals surface area contributed by atoms with Crippen LogP contribution in [0.3, 0.4) is 0 Å². The van der Waals surface area contributed by atoms with Crippen LogP contribution in [0, 0.1) is 0 Å². The molecule has 2 N–H and O–H groups in total. The normalized spacial score (nSPS) is 24.3. The van der Waals surface area contributed by atoms with Crippen LogP contribution in [0.2, 0.25) is 0 Å². The molecule has 0 aromatic heterocycles. The SMILES string of the molecule is CN1CCc2cc3c(c4c2[C@H]1[C@@H](O)c1cc(O)ccc1-4)OCO3. The van der Waals surface area contributed by atoms with Crippen LogP contribution in [0.15, 0.2) is 24.3 Å². The van der Waals surface area contributed by atoms with E-state index in [1.807, 2.05) is 13.1 Å². The molecular weight excluding hydrogens is 294 g/mol. The highest BCUT2D eigenvalue weighted by Gasteiger charge is 2.42. The molecule has 5 rings (SSSR count). The summed E-state index contributed by atoms with van der Waals surface area (Å²) >= 11 is 0. The van der Waals surface area contributed by atoms with Crippen LogP contribution < -0.4 is 9.47 Å². The van der Waals surface area contributed by atoms with E-state index in [1.165, 1.54) is 5.56 Å². The molecule has 118 valence electrons. The number of aliphatic hydroxyl groups is 1. The van der Waals surface area contributed by atoms with Gasteiger partial charge >= 0.3 is 0 Å². The summed E-state index contributed by atoms with van der Waals surface area (Å²) in [5.74, 6) is 1.69. The molecule has 2 heterocycles. The molecule has 23 heavy (non-hydrogen) atoms. The zero-order chi connectivity index (χ0) is 15.7. The van der Waals surface area contributed by atoms with E-state index in [4.69, 9.17) is 9.47 Å². The second-order valence-corrected chi connectivity index (χ2v) is 6.45. The van der Waals surface area contributed by atoms with Crippen LogP contribution in [-0.4, -0.2) is 35.5 Å². The van der Waals surface area contributed by atoms with Gasteiger partial charge < -0.3 is 19.7 Å². The fourth-order valence-electron chi connectivity index (χ4n) is 4.17. The molecule has 2 aromatic carbocycles. The number of rotatable bonds is 0. The molecule has 2 atom stereocenters. The van der Waals surface area contributed by atoms with Crippen molar-refractivity contribution < 1.29 is 19.7 Å². The lowest BCUT2D eigenvalue weighted by molar-refractivity contribution is 0.0542. The summed E-state index contributed by atoms with van der Waals surface area (Å²) in [6.45, 7) is 1.10. The first kappa shape index (κ1) is 13.2. The van der Waals surface area contributed by atoms with E-state index in [1.54, 1.807) is 12.1 Å². The smallest absolute Gasteiger partial charge is 0.231 e. The Kier molecular flexibility index (Phi) is 2.53. The van der Waals surface area contributed by atoms with Crippen LogP contribution in [0.25, 0.3) is 11.1 Å². The molecule has 0 unspecified atom stereocenters. The number of phenols is 1.